The van der Waals surface area contributed by atoms with Gasteiger partial charge in [0.1, 0.15) is 11.8 Å². The van der Waals surface area contributed by atoms with Crippen LogP contribution in [0.25, 0.3) is 0 Å². The van der Waals surface area contributed by atoms with Crippen molar-refractivity contribution in [1.29, 1.82) is 0 Å². The van der Waals surface area contributed by atoms with Gasteiger partial charge in [0.25, 0.3) is 0 Å². The molecule has 0 aromatic heterocycles. The van der Waals surface area contributed by atoms with Gasteiger partial charge in [-0.15, -0.1) is 0 Å². The number of nitrogens with one attached hydrogen (secondary N) is 1. The van der Waals surface area contributed by atoms with Gasteiger partial charge in [0.05, 0.1) is 13.2 Å². The topological polar surface area (TPSA) is 67.8 Å². The van der Waals surface area contributed by atoms with E-state index in [0.29, 0.717) is 13.2 Å². The first-order valence-electron chi connectivity index (χ1n) is 5.87. The Bertz CT molecular complexity index is 342. The summed E-state index contributed by atoms with van der Waals surface area (Å²) in [5, 5.41) is 11.8. The monoisotopic (exact) mass is 253 g/mol. The molecule has 0 radical (unpaired) electrons. The second-order valence-electron chi connectivity index (χ2n) is 3.82. The van der Waals surface area contributed by atoms with E-state index in [9.17, 15) is 4.79 Å². The van der Waals surface area contributed by atoms with Gasteiger partial charge in [-0.05, 0) is 25.1 Å². The Labute approximate surface area is 107 Å². The second kappa shape index (κ2) is 8.49. The number of carboxylic acid groups (broad SMARTS) is 1. The number of rotatable bonds is 9. The van der Waals surface area contributed by atoms with Crippen LogP contribution in [0.4, 0.5) is 0 Å². The van der Waals surface area contributed by atoms with Crippen LogP contribution in [0.3, 0.4) is 0 Å². The van der Waals surface area contributed by atoms with Crippen molar-refractivity contribution in [3.8, 4) is 5.75 Å². The molecule has 1 atom stereocenters. The quantitative estimate of drug-likeness (QED) is 0.646. The van der Waals surface area contributed by atoms with Crippen molar-refractivity contribution in [1.82, 2.24) is 5.32 Å². The van der Waals surface area contributed by atoms with Crippen molar-refractivity contribution >= 4 is 5.97 Å². The molecule has 0 aliphatic carbocycles. The van der Waals surface area contributed by atoms with E-state index in [-0.39, 0.29) is 6.61 Å². The number of ether oxygens (including phenoxy) is 2. The number of carboxylic acids is 1. The maximum atomic E-state index is 10.8. The van der Waals surface area contributed by atoms with Gasteiger partial charge in [0.15, 0.2) is 0 Å². The van der Waals surface area contributed by atoms with Crippen LogP contribution in [0.5, 0.6) is 5.75 Å². The summed E-state index contributed by atoms with van der Waals surface area (Å²) in [6.45, 7) is 1.29. The molecule has 5 heteroatoms. The lowest BCUT2D eigenvalue weighted by Gasteiger charge is -2.13. The van der Waals surface area contributed by atoms with Gasteiger partial charge in [-0.1, -0.05) is 18.2 Å². The summed E-state index contributed by atoms with van der Waals surface area (Å²) in [6, 6.07) is 8.86. The molecule has 1 aromatic carbocycles. The van der Waals surface area contributed by atoms with Crippen molar-refractivity contribution < 1.29 is 19.4 Å². The summed E-state index contributed by atoms with van der Waals surface area (Å²) in [5.74, 6) is -0.0787. The van der Waals surface area contributed by atoms with Crippen LogP contribution in [0, 0.1) is 0 Å². The Balaban J connectivity index is 2.12. The van der Waals surface area contributed by atoms with E-state index in [2.05, 4.69) is 5.32 Å². The minimum atomic E-state index is -0.902. The molecule has 2 N–H and O–H groups in total. The zero-order valence-corrected chi connectivity index (χ0v) is 10.5. The highest BCUT2D eigenvalue weighted by atomic mass is 16.5. The zero-order chi connectivity index (χ0) is 13.2. The average Bonchev–Trinajstić information content (AvgIpc) is 2.38. The third-order valence-corrected chi connectivity index (χ3v) is 2.36. The molecule has 0 spiro atoms. The third-order valence-electron chi connectivity index (χ3n) is 2.36. The van der Waals surface area contributed by atoms with E-state index >= 15 is 0 Å². The fraction of sp³-hybridized carbons (Fsp3) is 0.462. The summed E-state index contributed by atoms with van der Waals surface area (Å²) in [5.41, 5.74) is 0. The summed E-state index contributed by atoms with van der Waals surface area (Å²) in [4.78, 5) is 10.8. The molecule has 0 aliphatic heterocycles. The molecule has 0 bridgehead atoms. The lowest BCUT2D eigenvalue weighted by Crippen LogP contribution is -2.41. The Kier molecular flexibility index (Phi) is 6.83. The normalized spacial score (nSPS) is 12.1. The molecular formula is C13H19NO4. The Morgan fingerprint density at radius 3 is 2.72 bits per heavy atom. The summed E-state index contributed by atoms with van der Waals surface area (Å²) in [7, 11) is 1.48. The van der Waals surface area contributed by atoms with Crippen LogP contribution in [0.15, 0.2) is 30.3 Å². The van der Waals surface area contributed by atoms with Gasteiger partial charge in [0, 0.05) is 7.11 Å². The molecule has 0 saturated heterocycles. The maximum absolute atomic E-state index is 10.8. The van der Waals surface area contributed by atoms with Crippen LogP contribution < -0.4 is 10.1 Å². The first-order chi connectivity index (χ1) is 8.74. The highest BCUT2D eigenvalue weighted by Crippen LogP contribution is 2.07. The SMILES string of the molecule is COCC(NCCCOc1ccccc1)C(=O)O. The van der Waals surface area contributed by atoms with Gasteiger partial charge >= 0.3 is 5.97 Å². The molecule has 1 aromatic rings. The van der Waals surface area contributed by atoms with Crippen LogP contribution in [0.2, 0.25) is 0 Å². The van der Waals surface area contributed by atoms with E-state index in [1.54, 1.807) is 0 Å². The summed E-state index contributed by atoms with van der Waals surface area (Å²) in [6.07, 6.45) is 0.738. The van der Waals surface area contributed by atoms with Crippen LogP contribution in [0.1, 0.15) is 6.42 Å². The molecule has 0 saturated carbocycles. The highest BCUT2D eigenvalue weighted by molar-refractivity contribution is 5.73. The molecule has 1 unspecified atom stereocenters. The molecule has 0 heterocycles. The lowest BCUT2D eigenvalue weighted by molar-refractivity contribution is -0.140. The van der Waals surface area contributed by atoms with Crippen molar-refractivity contribution in [3.05, 3.63) is 30.3 Å². The Hall–Kier alpha value is -1.59. The minimum Gasteiger partial charge on any atom is -0.494 e. The molecule has 0 amide bonds. The van der Waals surface area contributed by atoms with Crippen LogP contribution >= 0.6 is 0 Å². The predicted octanol–water partition coefficient (Wildman–Crippen LogP) is 1.14. The predicted molar refractivity (Wildman–Crippen MR) is 67.9 cm³/mol. The standard InChI is InChI=1S/C13H19NO4/c1-17-10-12(13(15)16)14-8-5-9-18-11-6-3-2-4-7-11/h2-4,6-7,12,14H,5,8-10H2,1H3,(H,15,16). The number of benzene rings is 1. The fourth-order valence-corrected chi connectivity index (χ4v) is 1.44. The molecule has 0 aliphatic rings. The molecular weight excluding hydrogens is 234 g/mol. The molecule has 0 fully saturated rings. The number of aliphatic carboxylic acids is 1. The Morgan fingerprint density at radius 2 is 2.11 bits per heavy atom. The zero-order valence-electron chi connectivity index (χ0n) is 10.5. The number of methoxy groups -OCH3 is 1. The molecule has 18 heavy (non-hydrogen) atoms. The van der Waals surface area contributed by atoms with E-state index in [1.807, 2.05) is 30.3 Å². The van der Waals surface area contributed by atoms with Gasteiger partial charge in [-0.25, -0.2) is 0 Å². The number of hydrogen-bond donors (Lipinski definition) is 2. The number of para-hydroxylation sites is 1. The Morgan fingerprint density at radius 1 is 1.39 bits per heavy atom. The first kappa shape index (κ1) is 14.5. The third kappa shape index (κ3) is 5.65. The van der Waals surface area contributed by atoms with Gasteiger partial charge < -0.3 is 19.9 Å². The smallest absolute Gasteiger partial charge is 0.323 e. The number of hydrogen-bond acceptors (Lipinski definition) is 4. The fourth-order valence-electron chi connectivity index (χ4n) is 1.44. The van der Waals surface area contributed by atoms with E-state index < -0.39 is 12.0 Å². The minimum absolute atomic E-state index is 0.162. The van der Waals surface area contributed by atoms with Gasteiger partial charge in [0.2, 0.25) is 0 Å². The van der Waals surface area contributed by atoms with Crippen molar-refractivity contribution in [3.63, 3.8) is 0 Å². The van der Waals surface area contributed by atoms with Gasteiger partial charge in [-0.2, -0.15) is 0 Å². The average molecular weight is 253 g/mol. The second-order valence-corrected chi connectivity index (χ2v) is 3.82. The molecule has 1 rings (SSSR count). The molecule has 100 valence electrons. The van der Waals surface area contributed by atoms with E-state index in [0.717, 1.165) is 12.2 Å². The highest BCUT2D eigenvalue weighted by Gasteiger charge is 2.15. The largest absolute Gasteiger partial charge is 0.494 e. The van der Waals surface area contributed by atoms with Crippen molar-refractivity contribution in [2.75, 3.05) is 26.9 Å². The van der Waals surface area contributed by atoms with Crippen molar-refractivity contribution in [2.24, 2.45) is 0 Å². The molecule has 5 nitrogen and oxygen atoms in total. The lowest BCUT2D eigenvalue weighted by atomic mass is 10.3. The van der Waals surface area contributed by atoms with Crippen LogP contribution in [-0.4, -0.2) is 44.0 Å². The summed E-state index contributed by atoms with van der Waals surface area (Å²) >= 11 is 0. The van der Waals surface area contributed by atoms with E-state index in [4.69, 9.17) is 14.6 Å². The first-order valence-corrected chi connectivity index (χ1v) is 5.87. The van der Waals surface area contributed by atoms with E-state index in [1.165, 1.54) is 7.11 Å². The van der Waals surface area contributed by atoms with Crippen molar-refractivity contribution in [2.45, 2.75) is 12.5 Å². The maximum Gasteiger partial charge on any atom is 0.323 e. The van der Waals surface area contributed by atoms with Crippen LogP contribution in [-0.2, 0) is 9.53 Å². The van der Waals surface area contributed by atoms with Gasteiger partial charge in [-0.3, -0.25) is 4.79 Å². The number of carbonyl (C=O) groups is 1. The summed E-state index contributed by atoms with van der Waals surface area (Å²) < 4.78 is 10.3.